The Morgan fingerprint density at radius 2 is 0.492 bits per heavy atom. The smallest absolute Gasteiger partial charge is 0.134 e. The standard InChI is InChI=1S/C96H76Br4N8O8S4/c97-69-45-65(85(109)73(49-69)93-105-77-25-1-5-29-81(77)117-93)53-101-33-13-37-113-89-57-17-9-18-58(89)42-60-20-11-22-62(91(60)115-39-15-35-103-55-67-47-71(99)51-75(87(67)111)95-107-79-27-3-7-31-83(79)119-95)44-64-24-12-23-63(92(64)116-40-16-36-104-56-68-48-72(100)52-76(88(68)112)96-108-80-28-4-8-32-84(80)120-96)43-61-21-10-19-59(41-57)90(61)114-38-14-34-102-54-66-46-70(98)50-74(86(66)110)94-106-78-26-2-6-30-82(78)118-94/h1-12,17-32,45-56,109-112H,13-16,33-44H2. The van der Waals surface area contributed by atoms with Gasteiger partial charge in [0.2, 0.25) is 0 Å². The third kappa shape index (κ3) is 18.9. The van der Waals surface area contributed by atoms with Gasteiger partial charge in [-0.2, -0.15) is 0 Å². The molecular formula is C96H76Br4N8O8S4. The fourth-order valence-corrected chi connectivity index (χ4v) is 20.5. The Morgan fingerprint density at radius 3 is 0.700 bits per heavy atom. The lowest BCUT2D eigenvalue weighted by Gasteiger charge is -2.23. The molecule has 0 atom stereocenters. The number of hydrogen-bond donors (Lipinski definition) is 4. The van der Waals surface area contributed by atoms with Crippen molar-refractivity contribution in [3.05, 3.63) is 303 Å². The molecule has 0 unspecified atom stereocenters. The number of para-hydroxylation sites is 8. The summed E-state index contributed by atoms with van der Waals surface area (Å²) in [6.07, 6.45) is 11.0. The number of thiazole rings is 4. The largest absolute Gasteiger partial charge is 0.507 e. The molecule has 0 radical (unpaired) electrons. The van der Waals surface area contributed by atoms with Crippen molar-refractivity contribution in [3.63, 3.8) is 0 Å². The molecule has 1 aliphatic carbocycles. The third-order valence-electron chi connectivity index (χ3n) is 20.4. The molecule has 8 bridgehead atoms. The molecule has 0 saturated heterocycles. The quantitative estimate of drug-likeness (QED) is 0.0266. The van der Waals surface area contributed by atoms with Crippen LogP contribution in [0.15, 0.2) is 256 Å². The monoisotopic (exact) mass is 1910 g/mol. The van der Waals surface area contributed by atoms with Crippen LogP contribution < -0.4 is 18.9 Å². The Kier molecular flexibility index (Phi) is 25.7. The Hall–Kier alpha value is -10.8. The first-order valence-electron chi connectivity index (χ1n) is 39.2. The zero-order valence-corrected chi connectivity index (χ0v) is 74.2. The van der Waals surface area contributed by atoms with E-state index in [4.69, 9.17) is 58.9 Å². The van der Waals surface area contributed by atoms with Gasteiger partial charge in [0.05, 0.1) is 89.5 Å². The van der Waals surface area contributed by atoms with Crippen molar-refractivity contribution in [2.45, 2.75) is 51.4 Å². The van der Waals surface area contributed by atoms with E-state index in [0.717, 1.165) is 146 Å². The molecule has 600 valence electrons. The zero-order chi connectivity index (χ0) is 82.0. The summed E-state index contributed by atoms with van der Waals surface area (Å²) in [5.41, 5.74) is 16.0. The fourth-order valence-electron chi connectivity index (χ4n) is 14.7. The maximum absolute atomic E-state index is 11.7. The number of ether oxygens (including phenoxy) is 4. The first kappa shape index (κ1) is 81.6. The SMILES string of the molecule is Oc1c(C=NCCCOc2c3cccc2Cc2cccc(c2OCCCN=Cc2cc(Br)cc(-c4nc5ccccc5s4)c2O)Cc2cccc(c2OCCCN=Cc2cc(Br)cc(-c4nc5ccccc5s4)c2O)Cc2cccc(c2OCCCN=Cc2cc(Br)cc(-c4nc5ccccc5s4)c2O)C3)cc(Br)cc1-c1nc2ccccc2s1. The summed E-state index contributed by atoms with van der Waals surface area (Å²) < 4.78 is 35.8. The molecule has 17 rings (SSSR count). The van der Waals surface area contributed by atoms with Crippen molar-refractivity contribution < 1.29 is 39.4 Å². The van der Waals surface area contributed by atoms with Gasteiger partial charge in [0.1, 0.15) is 66.0 Å². The molecule has 4 aromatic heterocycles. The summed E-state index contributed by atoms with van der Waals surface area (Å²) in [5.74, 6) is 3.47. The predicted octanol–water partition coefficient (Wildman–Crippen LogP) is 24.9. The highest BCUT2D eigenvalue weighted by molar-refractivity contribution is 9.11. The minimum atomic E-state index is 0.110. The van der Waals surface area contributed by atoms with Crippen LogP contribution in [0.3, 0.4) is 0 Å². The summed E-state index contributed by atoms with van der Waals surface area (Å²) in [6, 6.07) is 72.3. The van der Waals surface area contributed by atoms with Crippen LogP contribution >= 0.6 is 109 Å². The van der Waals surface area contributed by atoms with Gasteiger partial charge in [0.25, 0.3) is 0 Å². The van der Waals surface area contributed by atoms with Crippen LogP contribution in [0.5, 0.6) is 46.0 Å². The maximum Gasteiger partial charge on any atom is 0.134 e. The molecule has 16 nitrogen and oxygen atoms in total. The number of benzene rings is 12. The molecule has 0 aliphatic heterocycles. The number of fused-ring (bicyclic) bond motifs is 12. The summed E-state index contributed by atoms with van der Waals surface area (Å²) in [6.45, 7) is 3.03. The lowest BCUT2D eigenvalue weighted by atomic mass is 9.91. The minimum Gasteiger partial charge on any atom is -0.507 e. The minimum absolute atomic E-state index is 0.110. The van der Waals surface area contributed by atoms with E-state index in [9.17, 15) is 20.4 Å². The van der Waals surface area contributed by atoms with E-state index in [2.05, 4.69) is 137 Å². The lowest BCUT2D eigenvalue weighted by molar-refractivity contribution is 0.301. The van der Waals surface area contributed by atoms with E-state index >= 15 is 0 Å². The molecule has 1 aliphatic rings. The highest BCUT2D eigenvalue weighted by Gasteiger charge is 2.25. The number of aliphatic imine (C=N–C) groups is 4. The van der Waals surface area contributed by atoms with Crippen LogP contribution in [0, 0.1) is 0 Å². The second kappa shape index (κ2) is 37.9. The average Bonchev–Trinajstić information content (AvgIpc) is 1.08. The molecule has 0 fully saturated rings. The number of phenols is 4. The Labute approximate surface area is 742 Å². The second-order valence-corrected chi connectivity index (χ2v) is 36.6. The molecule has 0 spiro atoms. The number of nitrogens with zero attached hydrogens (tertiary/aromatic N) is 8. The maximum atomic E-state index is 11.7. The summed E-state index contributed by atoms with van der Waals surface area (Å²) in [5, 5.41) is 49.7. The molecule has 120 heavy (non-hydrogen) atoms. The Balaban J connectivity index is 0.674. The normalized spacial score (nSPS) is 12.4. The van der Waals surface area contributed by atoms with Gasteiger partial charge in [-0.05, 0) is 142 Å². The molecule has 4 N–H and O–H groups in total. The van der Waals surface area contributed by atoms with Crippen molar-refractivity contribution in [1.82, 2.24) is 19.9 Å². The van der Waals surface area contributed by atoms with Gasteiger partial charge in [-0.1, -0.05) is 185 Å². The van der Waals surface area contributed by atoms with E-state index in [1.54, 1.807) is 24.9 Å². The predicted molar refractivity (Wildman–Crippen MR) is 505 cm³/mol. The van der Waals surface area contributed by atoms with Crippen LogP contribution in [-0.2, 0) is 25.7 Å². The summed E-state index contributed by atoms with van der Waals surface area (Å²) in [4.78, 5) is 38.8. The van der Waals surface area contributed by atoms with Crippen molar-refractivity contribution >= 4 is 175 Å². The van der Waals surface area contributed by atoms with Gasteiger partial charge in [0.15, 0.2) is 0 Å². The van der Waals surface area contributed by atoms with Crippen molar-refractivity contribution in [2.24, 2.45) is 20.0 Å². The number of aromatic nitrogens is 4. The highest BCUT2D eigenvalue weighted by atomic mass is 79.9. The Bertz CT molecular complexity index is 5640. The molecule has 0 amide bonds. The molecule has 0 saturated carbocycles. The number of phenolic OH excluding ortho intramolecular Hbond substituents is 4. The number of aromatic hydroxyl groups is 4. The van der Waals surface area contributed by atoms with Crippen LogP contribution in [0.25, 0.3) is 83.2 Å². The first-order valence-corrected chi connectivity index (χ1v) is 45.7. The second-order valence-electron chi connectivity index (χ2n) is 28.8. The van der Waals surface area contributed by atoms with E-state index < -0.39 is 0 Å². The van der Waals surface area contributed by atoms with Crippen LogP contribution in [0.2, 0.25) is 0 Å². The van der Waals surface area contributed by atoms with Crippen LogP contribution in [0.1, 0.15) is 92.4 Å². The molecule has 12 aromatic carbocycles. The number of hydrogen-bond acceptors (Lipinski definition) is 20. The van der Waals surface area contributed by atoms with Crippen molar-refractivity contribution in [3.8, 4) is 88.3 Å². The zero-order valence-electron chi connectivity index (χ0n) is 64.6. The van der Waals surface area contributed by atoms with Gasteiger partial charge in [-0.15, -0.1) is 45.3 Å². The van der Waals surface area contributed by atoms with Gasteiger partial charge in [-0.25, -0.2) is 19.9 Å². The molecule has 16 aromatic rings. The topological polar surface area (TPSA) is 219 Å². The van der Waals surface area contributed by atoms with Crippen LogP contribution in [0.4, 0.5) is 0 Å². The van der Waals surface area contributed by atoms with Gasteiger partial charge >= 0.3 is 0 Å². The number of rotatable bonds is 28. The average molecular weight is 1920 g/mol. The Morgan fingerprint density at radius 1 is 0.283 bits per heavy atom. The van der Waals surface area contributed by atoms with Gasteiger partial charge in [-0.3, -0.25) is 20.0 Å². The summed E-state index contributed by atoms with van der Waals surface area (Å²) in [7, 11) is 0. The van der Waals surface area contributed by atoms with Crippen molar-refractivity contribution in [1.29, 1.82) is 0 Å². The fraction of sp³-hybridized carbons (Fsp3) is 0.167. The first-order chi connectivity index (χ1) is 58.7. The van der Waals surface area contributed by atoms with E-state index in [0.29, 0.717) is 148 Å². The summed E-state index contributed by atoms with van der Waals surface area (Å²) >= 11 is 20.9. The van der Waals surface area contributed by atoms with Crippen molar-refractivity contribution in [2.75, 3.05) is 52.6 Å². The van der Waals surface area contributed by atoms with Gasteiger partial charge < -0.3 is 39.4 Å². The molecule has 24 heteroatoms. The van der Waals surface area contributed by atoms with E-state index in [1.807, 2.05) is 146 Å². The molecule has 4 heterocycles. The highest BCUT2D eigenvalue weighted by Crippen LogP contribution is 2.46. The van der Waals surface area contributed by atoms with E-state index in [1.165, 1.54) is 45.3 Å². The third-order valence-corrected chi connectivity index (χ3v) is 26.5. The lowest BCUT2D eigenvalue weighted by Crippen LogP contribution is -2.11. The van der Waals surface area contributed by atoms with Crippen LogP contribution in [-0.4, -0.2) is 118 Å². The van der Waals surface area contributed by atoms with Gasteiger partial charge in [0, 0.05) is 143 Å². The number of halogens is 4. The molecular weight excluding hydrogens is 1840 g/mol. The van der Waals surface area contributed by atoms with E-state index in [-0.39, 0.29) is 23.0 Å².